The Hall–Kier alpha value is -1.49. The van der Waals surface area contributed by atoms with Gasteiger partial charge in [0.25, 0.3) is 5.91 Å². The van der Waals surface area contributed by atoms with Crippen LogP contribution in [0, 0.1) is 0 Å². The minimum absolute atomic E-state index is 0.0281. The summed E-state index contributed by atoms with van der Waals surface area (Å²) in [5.74, 6) is -0.0281. The molecule has 14 heavy (non-hydrogen) atoms. The number of aromatic nitrogens is 2. The van der Waals surface area contributed by atoms with Crippen molar-refractivity contribution in [2.45, 2.75) is 0 Å². The number of carbonyl (C=O) groups is 1. The SMILES string of the molecule is O=C(c1cccnn1)N1CCNCC1. The standard InChI is InChI=1S/C9H12N4O/c14-9(8-2-1-3-11-12-8)13-6-4-10-5-7-13/h1-3,10H,4-7H2. The molecule has 74 valence electrons. The molecule has 2 rings (SSSR count). The first-order chi connectivity index (χ1) is 6.88. The average molecular weight is 192 g/mol. The minimum atomic E-state index is -0.0281. The number of piperazine rings is 1. The molecule has 5 heteroatoms. The van der Waals surface area contributed by atoms with Crippen LogP contribution in [0.5, 0.6) is 0 Å². The summed E-state index contributed by atoms with van der Waals surface area (Å²) in [5, 5.41) is 10.7. The summed E-state index contributed by atoms with van der Waals surface area (Å²) in [6, 6.07) is 3.42. The van der Waals surface area contributed by atoms with Gasteiger partial charge in [-0.05, 0) is 12.1 Å². The third-order valence-corrected chi connectivity index (χ3v) is 2.20. The Kier molecular flexibility index (Phi) is 2.69. The van der Waals surface area contributed by atoms with E-state index in [0.29, 0.717) is 5.69 Å². The summed E-state index contributed by atoms with van der Waals surface area (Å²) < 4.78 is 0. The van der Waals surface area contributed by atoms with Gasteiger partial charge in [-0.1, -0.05) is 0 Å². The molecule has 2 heterocycles. The van der Waals surface area contributed by atoms with Crippen LogP contribution in [-0.2, 0) is 0 Å². The van der Waals surface area contributed by atoms with Gasteiger partial charge in [-0.25, -0.2) is 0 Å². The van der Waals surface area contributed by atoms with Crippen LogP contribution in [0.4, 0.5) is 0 Å². The molecule has 5 nitrogen and oxygen atoms in total. The third-order valence-electron chi connectivity index (χ3n) is 2.20. The van der Waals surface area contributed by atoms with Crippen LogP contribution in [0.3, 0.4) is 0 Å². The van der Waals surface area contributed by atoms with E-state index in [2.05, 4.69) is 15.5 Å². The molecule has 0 bridgehead atoms. The van der Waals surface area contributed by atoms with Gasteiger partial charge in [-0.15, -0.1) is 5.10 Å². The fourth-order valence-electron chi connectivity index (χ4n) is 1.45. The van der Waals surface area contributed by atoms with Gasteiger partial charge in [0, 0.05) is 32.4 Å². The molecule has 1 aromatic heterocycles. The zero-order valence-electron chi connectivity index (χ0n) is 7.81. The van der Waals surface area contributed by atoms with Crippen molar-refractivity contribution in [1.29, 1.82) is 0 Å². The average Bonchev–Trinajstić information content (AvgIpc) is 2.30. The van der Waals surface area contributed by atoms with Crippen LogP contribution in [0.1, 0.15) is 10.5 Å². The molecule has 1 aliphatic rings. The Balaban J connectivity index is 2.07. The van der Waals surface area contributed by atoms with Crippen LogP contribution in [0.25, 0.3) is 0 Å². The predicted octanol–water partition coefficient (Wildman–Crippen LogP) is -0.478. The van der Waals surface area contributed by atoms with Gasteiger partial charge in [0.05, 0.1) is 0 Å². The Morgan fingerprint density at radius 3 is 2.86 bits per heavy atom. The minimum Gasteiger partial charge on any atom is -0.335 e. The largest absolute Gasteiger partial charge is 0.335 e. The van der Waals surface area contributed by atoms with Crippen LogP contribution in [0.15, 0.2) is 18.3 Å². The van der Waals surface area contributed by atoms with E-state index in [4.69, 9.17) is 0 Å². The van der Waals surface area contributed by atoms with Crippen molar-refractivity contribution in [2.24, 2.45) is 0 Å². The highest BCUT2D eigenvalue weighted by molar-refractivity contribution is 5.92. The normalized spacial score (nSPS) is 16.7. The number of rotatable bonds is 1. The maximum absolute atomic E-state index is 11.8. The molecule has 1 aromatic rings. The molecule has 0 saturated carbocycles. The first-order valence-electron chi connectivity index (χ1n) is 4.65. The summed E-state index contributed by atoms with van der Waals surface area (Å²) in [7, 11) is 0. The van der Waals surface area contributed by atoms with Crippen molar-refractivity contribution in [3.8, 4) is 0 Å². The molecule has 0 radical (unpaired) electrons. The van der Waals surface area contributed by atoms with E-state index < -0.39 is 0 Å². The molecular weight excluding hydrogens is 180 g/mol. The Bertz CT molecular complexity index is 308. The molecule has 1 saturated heterocycles. The van der Waals surface area contributed by atoms with E-state index in [0.717, 1.165) is 26.2 Å². The smallest absolute Gasteiger partial charge is 0.274 e. The van der Waals surface area contributed by atoms with Crippen LogP contribution < -0.4 is 5.32 Å². The third kappa shape index (κ3) is 1.88. The van der Waals surface area contributed by atoms with Crippen molar-refractivity contribution in [3.05, 3.63) is 24.0 Å². The van der Waals surface area contributed by atoms with Crippen LogP contribution in [0.2, 0.25) is 0 Å². The van der Waals surface area contributed by atoms with Crippen molar-refractivity contribution < 1.29 is 4.79 Å². The maximum atomic E-state index is 11.8. The van der Waals surface area contributed by atoms with E-state index in [9.17, 15) is 4.79 Å². The summed E-state index contributed by atoms with van der Waals surface area (Å²) in [4.78, 5) is 13.6. The first-order valence-corrected chi connectivity index (χ1v) is 4.65. The monoisotopic (exact) mass is 192 g/mol. The number of amides is 1. The highest BCUT2D eigenvalue weighted by Crippen LogP contribution is 2.01. The van der Waals surface area contributed by atoms with Crippen LogP contribution >= 0.6 is 0 Å². The number of nitrogens with zero attached hydrogens (tertiary/aromatic N) is 3. The quantitative estimate of drug-likeness (QED) is 0.653. The molecule has 0 aliphatic carbocycles. The fourth-order valence-corrected chi connectivity index (χ4v) is 1.45. The molecule has 1 fully saturated rings. The van der Waals surface area contributed by atoms with Gasteiger partial charge >= 0.3 is 0 Å². The number of nitrogens with one attached hydrogen (secondary N) is 1. The van der Waals surface area contributed by atoms with Crippen LogP contribution in [-0.4, -0.2) is 47.2 Å². The number of carbonyl (C=O) groups excluding carboxylic acids is 1. The van der Waals surface area contributed by atoms with Gasteiger partial charge in [0.1, 0.15) is 0 Å². The summed E-state index contributed by atoms with van der Waals surface area (Å²) >= 11 is 0. The van der Waals surface area contributed by atoms with Crippen molar-refractivity contribution in [3.63, 3.8) is 0 Å². The van der Waals surface area contributed by atoms with Crippen molar-refractivity contribution >= 4 is 5.91 Å². The zero-order chi connectivity index (χ0) is 9.80. The molecular formula is C9H12N4O. The second-order valence-electron chi connectivity index (χ2n) is 3.15. The zero-order valence-corrected chi connectivity index (χ0v) is 7.81. The highest BCUT2D eigenvalue weighted by atomic mass is 16.2. The van der Waals surface area contributed by atoms with Crippen molar-refractivity contribution in [1.82, 2.24) is 20.4 Å². The summed E-state index contributed by atoms with van der Waals surface area (Å²) in [5.41, 5.74) is 0.425. The first kappa shape index (κ1) is 9.08. The Morgan fingerprint density at radius 2 is 2.21 bits per heavy atom. The molecule has 0 unspecified atom stereocenters. The molecule has 1 amide bonds. The number of hydrogen-bond donors (Lipinski definition) is 1. The van der Waals surface area contributed by atoms with Gasteiger partial charge in [0.15, 0.2) is 5.69 Å². The Labute approximate surface area is 82.1 Å². The molecule has 1 N–H and O–H groups in total. The summed E-state index contributed by atoms with van der Waals surface area (Å²) in [6.07, 6.45) is 1.56. The summed E-state index contributed by atoms with van der Waals surface area (Å²) in [6.45, 7) is 3.20. The molecule has 0 aromatic carbocycles. The van der Waals surface area contributed by atoms with Gasteiger partial charge in [-0.3, -0.25) is 4.79 Å². The lowest BCUT2D eigenvalue weighted by molar-refractivity contribution is 0.0728. The lowest BCUT2D eigenvalue weighted by Crippen LogP contribution is -2.46. The second-order valence-corrected chi connectivity index (χ2v) is 3.15. The van der Waals surface area contributed by atoms with Crippen molar-refractivity contribution in [2.75, 3.05) is 26.2 Å². The van der Waals surface area contributed by atoms with E-state index in [-0.39, 0.29) is 5.91 Å². The van der Waals surface area contributed by atoms with Gasteiger partial charge < -0.3 is 10.2 Å². The van der Waals surface area contributed by atoms with E-state index >= 15 is 0 Å². The fraction of sp³-hybridized carbons (Fsp3) is 0.444. The molecule has 0 spiro atoms. The molecule has 0 atom stereocenters. The van der Waals surface area contributed by atoms with Gasteiger partial charge in [0.2, 0.25) is 0 Å². The highest BCUT2D eigenvalue weighted by Gasteiger charge is 2.18. The maximum Gasteiger partial charge on any atom is 0.274 e. The Morgan fingerprint density at radius 1 is 1.43 bits per heavy atom. The number of hydrogen-bond acceptors (Lipinski definition) is 4. The lowest BCUT2D eigenvalue weighted by Gasteiger charge is -2.26. The van der Waals surface area contributed by atoms with E-state index in [1.54, 1.807) is 23.2 Å². The molecule has 1 aliphatic heterocycles. The lowest BCUT2D eigenvalue weighted by atomic mass is 10.3. The van der Waals surface area contributed by atoms with E-state index in [1.807, 2.05) is 0 Å². The predicted molar refractivity (Wildman–Crippen MR) is 50.8 cm³/mol. The van der Waals surface area contributed by atoms with Gasteiger partial charge in [-0.2, -0.15) is 5.10 Å². The van der Waals surface area contributed by atoms with E-state index in [1.165, 1.54) is 0 Å². The second kappa shape index (κ2) is 4.15. The topological polar surface area (TPSA) is 58.1 Å².